The summed E-state index contributed by atoms with van der Waals surface area (Å²) in [4.78, 5) is 17.4. The van der Waals surface area contributed by atoms with Gasteiger partial charge in [0.15, 0.2) is 0 Å². The minimum Gasteiger partial charge on any atom is -0.333 e. The number of carbonyl (C=O) groups is 1. The van der Waals surface area contributed by atoms with E-state index in [1.807, 2.05) is 0 Å². The van der Waals surface area contributed by atoms with Gasteiger partial charge in [-0.1, -0.05) is 15.9 Å². The third-order valence-corrected chi connectivity index (χ3v) is 3.87. The van der Waals surface area contributed by atoms with Gasteiger partial charge in [-0.2, -0.15) is 13.2 Å². The number of aromatic nitrogens is 1. The van der Waals surface area contributed by atoms with Crippen LogP contribution in [0.3, 0.4) is 0 Å². The van der Waals surface area contributed by atoms with Crippen LogP contribution in [0, 0.1) is 0 Å². The van der Waals surface area contributed by atoms with E-state index in [1.165, 1.54) is 0 Å². The van der Waals surface area contributed by atoms with Crippen LogP contribution in [0.15, 0.2) is 18.3 Å². The molecule has 2 heterocycles. The highest BCUT2D eigenvalue weighted by molar-refractivity contribution is 9.09. The number of carbonyl (C=O) groups excluding carboxylic acids is 1. The third-order valence-electron chi connectivity index (χ3n) is 3.13. The van der Waals surface area contributed by atoms with Crippen molar-refractivity contribution in [3.05, 3.63) is 29.6 Å². The molecule has 0 bridgehead atoms. The summed E-state index contributed by atoms with van der Waals surface area (Å²) in [6.07, 6.45) is -1.92. The van der Waals surface area contributed by atoms with Gasteiger partial charge in [-0.3, -0.25) is 9.78 Å². The van der Waals surface area contributed by atoms with Crippen LogP contribution >= 0.6 is 15.9 Å². The minimum absolute atomic E-state index is 0.0563. The van der Waals surface area contributed by atoms with Crippen molar-refractivity contribution < 1.29 is 18.0 Å². The Morgan fingerprint density at radius 3 is 2.74 bits per heavy atom. The summed E-state index contributed by atoms with van der Waals surface area (Å²) >= 11 is 3.33. The fourth-order valence-electron chi connectivity index (χ4n) is 2.10. The van der Waals surface area contributed by atoms with Gasteiger partial charge in [0, 0.05) is 24.1 Å². The summed E-state index contributed by atoms with van der Waals surface area (Å²) in [5, 5.41) is 0.666. The molecule has 19 heavy (non-hydrogen) atoms. The molecule has 0 N–H and O–H groups in total. The molecule has 0 spiro atoms. The van der Waals surface area contributed by atoms with Crippen LogP contribution in [-0.2, 0) is 6.18 Å². The lowest BCUT2D eigenvalue weighted by atomic mass is 10.2. The zero-order chi connectivity index (χ0) is 14.0. The van der Waals surface area contributed by atoms with Crippen molar-refractivity contribution in [2.45, 2.75) is 25.1 Å². The Bertz CT molecular complexity index is 461. The van der Waals surface area contributed by atoms with Crippen molar-refractivity contribution in [3.63, 3.8) is 0 Å². The molecule has 1 unspecified atom stereocenters. The van der Waals surface area contributed by atoms with Crippen LogP contribution in [-0.4, -0.2) is 33.7 Å². The maximum absolute atomic E-state index is 12.4. The molecule has 1 aromatic rings. The Balaban J connectivity index is 2.16. The Kier molecular flexibility index (Phi) is 4.13. The lowest BCUT2D eigenvalue weighted by Gasteiger charge is -2.22. The van der Waals surface area contributed by atoms with E-state index >= 15 is 0 Å². The molecule has 2 rings (SSSR count). The van der Waals surface area contributed by atoms with Crippen molar-refractivity contribution >= 4 is 21.8 Å². The molecule has 3 nitrogen and oxygen atoms in total. The summed E-state index contributed by atoms with van der Waals surface area (Å²) in [5.74, 6) is -0.310. The molecule has 1 atom stereocenters. The number of rotatable bonds is 2. The zero-order valence-electron chi connectivity index (χ0n) is 9.95. The Morgan fingerprint density at radius 2 is 2.21 bits per heavy atom. The van der Waals surface area contributed by atoms with E-state index in [4.69, 9.17) is 0 Å². The van der Waals surface area contributed by atoms with Crippen LogP contribution < -0.4 is 0 Å². The first-order valence-corrected chi connectivity index (χ1v) is 6.96. The first-order chi connectivity index (χ1) is 8.93. The van der Waals surface area contributed by atoms with Gasteiger partial charge in [0.1, 0.15) is 5.69 Å². The van der Waals surface area contributed by atoms with E-state index in [0.29, 0.717) is 18.1 Å². The second kappa shape index (κ2) is 5.48. The highest BCUT2D eigenvalue weighted by Crippen LogP contribution is 2.28. The van der Waals surface area contributed by atoms with E-state index in [2.05, 4.69) is 20.9 Å². The maximum Gasteiger partial charge on any atom is 0.417 e. The fourth-order valence-corrected chi connectivity index (χ4v) is 2.77. The molecule has 1 aliphatic heterocycles. The largest absolute Gasteiger partial charge is 0.417 e. The lowest BCUT2D eigenvalue weighted by Crippen LogP contribution is -2.36. The molecule has 1 aliphatic rings. The molecule has 0 radical (unpaired) electrons. The number of alkyl halides is 4. The summed E-state index contributed by atoms with van der Waals surface area (Å²) in [6.45, 7) is 0.623. The summed E-state index contributed by atoms with van der Waals surface area (Å²) < 4.78 is 37.2. The first kappa shape index (κ1) is 14.3. The highest BCUT2D eigenvalue weighted by atomic mass is 79.9. The molecule has 1 aromatic heterocycles. The van der Waals surface area contributed by atoms with Gasteiger partial charge in [-0.25, -0.2) is 0 Å². The molecule has 0 aromatic carbocycles. The fraction of sp³-hybridized carbons (Fsp3) is 0.500. The van der Waals surface area contributed by atoms with Crippen molar-refractivity contribution in [2.24, 2.45) is 0 Å². The second-order valence-corrected chi connectivity index (χ2v) is 5.03. The quantitative estimate of drug-likeness (QED) is 0.777. The van der Waals surface area contributed by atoms with E-state index in [1.54, 1.807) is 4.90 Å². The van der Waals surface area contributed by atoms with Gasteiger partial charge in [0.2, 0.25) is 0 Å². The topological polar surface area (TPSA) is 33.2 Å². The van der Waals surface area contributed by atoms with E-state index < -0.39 is 11.7 Å². The summed E-state index contributed by atoms with van der Waals surface area (Å²) in [6, 6.07) is 2.12. The number of hydrogen-bond donors (Lipinski definition) is 0. The second-order valence-electron chi connectivity index (χ2n) is 4.38. The number of hydrogen-bond acceptors (Lipinski definition) is 2. The Morgan fingerprint density at radius 1 is 1.47 bits per heavy atom. The Labute approximate surface area is 116 Å². The maximum atomic E-state index is 12.4. The van der Waals surface area contributed by atoms with Crippen LogP contribution in [0.5, 0.6) is 0 Å². The van der Waals surface area contributed by atoms with Crippen LogP contribution in [0.25, 0.3) is 0 Å². The molecular weight excluding hydrogens is 325 g/mol. The van der Waals surface area contributed by atoms with E-state index in [-0.39, 0.29) is 17.6 Å². The number of pyridine rings is 1. The number of nitrogens with zero attached hydrogens (tertiary/aromatic N) is 2. The standard InChI is InChI=1S/C12H12BrF3N2O/c13-6-9-2-1-5-18(9)11(19)10-4-3-8(7-17-10)12(14,15)16/h3-4,7,9H,1-2,5-6H2. The van der Waals surface area contributed by atoms with Crippen LogP contribution in [0.2, 0.25) is 0 Å². The molecule has 1 amide bonds. The lowest BCUT2D eigenvalue weighted by molar-refractivity contribution is -0.137. The van der Waals surface area contributed by atoms with Crippen molar-refractivity contribution in [2.75, 3.05) is 11.9 Å². The average molecular weight is 337 g/mol. The summed E-state index contributed by atoms with van der Waals surface area (Å²) in [7, 11) is 0. The van der Waals surface area contributed by atoms with Crippen molar-refractivity contribution in [1.29, 1.82) is 0 Å². The number of amides is 1. The smallest absolute Gasteiger partial charge is 0.333 e. The molecule has 0 saturated carbocycles. The monoisotopic (exact) mass is 336 g/mol. The van der Waals surface area contributed by atoms with Crippen LogP contribution in [0.1, 0.15) is 28.9 Å². The molecule has 104 valence electrons. The highest BCUT2D eigenvalue weighted by Gasteiger charge is 2.32. The van der Waals surface area contributed by atoms with Gasteiger partial charge in [0.05, 0.1) is 5.56 Å². The molecule has 1 saturated heterocycles. The normalized spacial score (nSPS) is 19.8. The summed E-state index contributed by atoms with van der Waals surface area (Å²) in [5.41, 5.74) is -0.789. The van der Waals surface area contributed by atoms with E-state index in [0.717, 1.165) is 25.0 Å². The van der Waals surface area contributed by atoms with Crippen molar-refractivity contribution in [3.8, 4) is 0 Å². The first-order valence-electron chi connectivity index (χ1n) is 5.83. The van der Waals surface area contributed by atoms with Crippen LogP contribution in [0.4, 0.5) is 13.2 Å². The van der Waals surface area contributed by atoms with Gasteiger partial charge in [0.25, 0.3) is 5.91 Å². The third kappa shape index (κ3) is 3.08. The predicted octanol–water partition coefficient (Wildman–Crippen LogP) is 3.10. The van der Waals surface area contributed by atoms with Gasteiger partial charge >= 0.3 is 6.18 Å². The van der Waals surface area contributed by atoms with Gasteiger partial charge < -0.3 is 4.90 Å². The number of likely N-dealkylation sites (tertiary alicyclic amines) is 1. The molecule has 1 fully saturated rings. The SMILES string of the molecule is O=C(c1ccc(C(F)(F)F)cn1)N1CCCC1CBr. The Hall–Kier alpha value is -1.11. The van der Waals surface area contributed by atoms with Gasteiger partial charge in [-0.05, 0) is 25.0 Å². The molecule has 7 heteroatoms. The molecular formula is C12H12BrF3N2O. The average Bonchev–Trinajstić information content (AvgIpc) is 2.85. The minimum atomic E-state index is -4.43. The van der Waals surface area contributed by atoms with Gasteiger partial charge in [-0.15, -0.1) is 0 Å². The van der Waals surface area contributed by atoms with E-state index in [9.17, 15) is 18.0 Å². The predicted molar refractivity (Wildman–Crippen MR) is 67.1 cm³/mol. The van der Waals surface area contributed by atoms with Crippen molar-refractivity contribution in [1.82, 2.24) is 9.88 Å². The number of halogens is 4. The molecule has 0 aliphatic carbocycles. The zero-order valence-corrected chi connectivity index (χ0v) is 11.5.